The quantitative estimate of drug-likeness (QED) is 0.753. The average Bonchev–Trinajstić information content (AvgIpc) is 2.18. The van der Waals surface area contributed by atoms with Gasteiger partial charge in [-0.1, -0.05) is 33.6 Å². The van der Waals surface area contributed by atoms with Gasteiger partial charge in [0.05, 0.1) is 0 Å². The van der Waals surface area contributed by atoms with E-state index in [1.807, 2.05) is 0 Å². The summed E-state index contributed by atoms with van der Waals surface area (Å²) in [6.45, 7) is 8.02. The molecular weight excluding hydrogens is 184 g/mol. The largest absolute Gasteiger partial charge is 0.310 e. The molecule has 0 aromatic heterocycles. The van der Waals surface area contributed by atoms with Crippen molar-refractivity contribution in [3.8, 4) is 0 Å². The molecule has 1 fully saturated rings. The van der Waals surface area contributed by atoms with Crippen molar-refractivity contribution in [1.29, 1.82) is 0 Å². The zero-order chi connectivity index (χ0) is 11.3. The Morgan fingerprint density at radius 2 is 1.93 bits per heavy atom. The molecule has 0 aromatic carbocycles. The molecule has 1 aliphatic carbocycles. The van der Waals surface area contributed by atoms with Crippen molar-refractivity contribution in [2.24, 2.45) is 0 Å². The van der Waals surface area contributed by atoms with Crippen molar-refractivity contribution in [3.05, 3.63) is 0 Å². The van der Waals surface area contributed by atoms with E-state index in [-0.39, 0.29) is 0 Å². The van der Waals surface area contributed by atoms with Gasteiger partial charge < -0.3 is 10.2 Å². The number of nitrogens with zero attached hydrogens (tertiary/aromatic N) is 1. The van der Waals surface area contributed by atoms with Crippen LogP contribution in [-0.4, -0.2) is 36.6 Å². The van der Waals surface area contributed by atoms with Crippen LogP contribution in [-0.2, 0) is 0 Å². The first-order valence-corrected chi connectivity index (χ1v) is 6.61. The maximum Gasteiger partial charge on any atom is 0.0246 e. The SMILES string of the molecule is CCCN(C)C1CCCCC1NC(C)C. The second kappa shape index (κ2) is 6.49. The lowest BCUT2D eigenvalue weighted by Crippen LogP contribution is -2.52. The molecular formula is C13H28N2. The molecule has 1 rings (SSSR count). The fraction of sp³-hybridized carbons (Fsp3) is 1.00. The number of hydrogen-bond donors (Lipinski definition) is 1. The molecule has 0 spiro atoms. The van der Waals surface area contributed by atoms with Gasteiger partial charge in [-0.3, -0.25) is 0 Å². The van der Waals surface area contributed by atoms with Crippen molar-refractivity contribution in [2.75, 3.05) is 13.6 Å². The van der Waals surface area contributed by atoms with E-state index in [4.69, 9.17) is 0 Å². The molecule has 1 saturated carbocycles. The molecule has 0 aromatic rings. The summed E-state index contributed by atoms with van der Waals surface area (Å²) in [6, 6.07) is 2.10. The summed E-state index contributed by atoms with van der Waals surface area (Å²) in [5.74, 6) is 0. The Kier molecular flexibility index (Phi) is 5.62. The minimum atomic E-state index is 0.616. The van der Waals surface area contributed by atoms with Crippen LogP contribution in [0.1, 0.15) is 52.9 Å². The maximum atomic E-state index is 3.73. The van der Waals surface area contributed by atoms with Gasteiger partial charge in [-0.15, -0.1) is 0 Å². The minimum absolute atomic E-state index is 0.616. The predicted octanol–water partition coefficient (Wildman–Crippen LogP) is 2.64. The first-order valence-electron chi connectivity index (χ1n) is 6.61. The van der Waals surface area contributed by atoms with Crippen LogP contribution in [0.3, 0.4) is 0 Å². The first-order chi connectivity index (χ1) is 7.15. The molecule has 2 atom stereocenters. The Hall–Kier alpha value is -0.0800. The fourth-order valence-electron chi connectivity index (χ4n) is 2.78. The third-order valence-electron chi connectivity index (χ3n) is 3.42. The van der Waals surface area contributed by atoms with Crippen LogP contribution in [0.15, 0.2) is 0 Å². The summed E-state index contributed by atoms with van der Waals surface area (Å²) in [4.78, 5) is 2.55. The van der Waals surface area contributed by atoms with Crippen LogP contribution in [0.5, 0.6) is 0 Å². The van der Waals surface area contributed by atoms with Gasteiger partial charge >= 0.3 is 0 Å². The van der Waals surface area contributed by atoms with Crippen molar-refractivity contribution < 1.29 is 0 Å². The van der Waals surface area contributed by atoms with Gasteiger partial charge in [0.15, 0.2) is 0 Å². The van der Waals surface area contributed by atoms with Crippen molar-refractivity contribution in [1.82, 2.24) is 10.2 Å². The average molecular weight is 212 g/mol. The highest BCUT2D eigenvalue weighted by Crippen LogP contribution is 2.23. The standard InChI is InChI=1S/C13H28N2/c1-5-10-15(4)13-9-7-6-8-12(13)14-11(2)3/h11-14H,5-10H2,1-4H3. The van der Waals surface area contributed by atoms with Crippen LogP contribution >= 0.6 is 0 Å². The molecule has 0 heterocycles. The third kappa shape index (κ3) is 4.12. The molecule has 1 aliphatic rings. The van der Waals surface area contributed by atoms with E-state index in [2.05, 4.69) is 38.0 Å². The number of rotatable bonds is 5. The Morgan fingerprint density at radius 1 is 1.27 bits per heavy atom. The molecule has 0 saturated heterocycles. The smallest absolute Gasteiger partial charge is 0.0246 e. The van der Waals surface area contributed by atoms with Gasteiger partial charge in [0.25, 0.3) is 0 Å². The Bertz CT molecular complexity index is 168. The molecule has 0 bridgehead atoms. The third-order valence-corrected chi connectivity index (χ3v) is 3.42. The van der Waals surface area contributed by atoms with Gasteiger partial charge in [-0.2, -0.15) is 0 Å². The summed E-state index contributed by atoms with van der Waals surface area (Å²) in [5, 5.41) is 3.73. The van der Waals surface area contributed by atoms with Crippen molar-refractivity contribution in [3.63, 3.8) is 0 Å². The summed E-state index contributed by atoms with van der Waals surface area (Å²) in [7, 11) is 2.29. The highest BCUT2D eigenvalue weighted by Gasteiger charge is 2.27. The fourth-order valence-corrected chi connectivity index (χ4v) is 2.78. The Labute approximate surface area is 95.4 Å². The van der Waals surface area contributed by atoms with E-state index >= 15 is 0 Å². The normalized spacial score (nSPS) is 27.6. The topological polar surface area (TPSA) is 15.3 Å². The van der Waals surface area contributed by atoms with Crippen LogP contribution < -0.4 is 5.32 Å². The van der Waals surface area contributed by atoms with E-state index in [0.29, 0.717) is 6.04 Å². The molecule has 2 nitrogen and oxygen atoms in total. The summed E-state index contributed by atoms with van der Waals surface area (Å²) in [6.07, 6.45) is 6.81. The monoisotopic (exact) mass is 212 g/mol. The molecule has 2 unspecified atom stereocenters. The summed E-state index contributed by atoms with van der Waals surface area (Å²) in [5.41, 5.74) is 0. The predicted molar refractivity (Wildman–Crippen MR) is 67.2 cm³/mol. The second-order valence-corrected chi connectivity index (χ2v) is 5.26. The van der Waals surface area contributed by atoms with Gasteiger partial charge in [-0.25, -0.2) is 0 Å². The lowest BCUT2D eigenvalue weighted by Gasteiger charge is -2.39. The highest BCUT2D eigenvalue weighted by molar-refractivity contribution is 4.87. The summed E-state index contributed by atoms with van der Waals surface area (Å²) >= 11 is 0. The Morgan fingerprint density at radius 3 is 2.53 bits per heavy atom. The summed E-state index contributed by atoms with van der Waals surface area (Å²) < 4.78 is 0. The van der Waals surface area contributed by atoms with Gasteiger partial charge in [-0.05, 0) is 32.9 Å². The van der Waals surface area contributed by atoms with Gasteiger partial charge in [0.2, 0.25) is 0 Å². The molecule has 2 heteroatoms. The van der Waals surface area contributed by atoms with E-state index < -0.39 is 0 Å². The molecule has 0 amide bonds. The number of nitrogens with one attached hydrogen (secondary N) is 1. The minimum Gasteiger partial charge on any atom is -0.310 e. The molecule has 1 N–H and O–H groups in total. The van der Waals surface area contributed by atoms with Crippen molar-refractivity contribution in [2.45, 2.75) is 71.0 Å². The maximum absolute atomic E-state index is 3.73. The van der Waals surface area contributed by atoms with E-state index in [1.54, 1.807) is 0 Å². The van der Waals surface area contributed by atoms with Crippen LogP contribution in [0.4, 0.5) is 0 Å². The lowest BCUT2D eigenvalue weighted by molar-refractivity contribution is 0.144. The molecule has 15 heavy (non-hydrogen) atoms. The highest BCUT2D eigenvalue weighted by atomic mass is 15.2. The lowest BCUT2D eigenvalue weighted by atomic mass is 9.89. The molecule has 0 radical (unpaired) electrons. The number of likely N-dealkylation sites (N-methyl/N-ethyl adjacent to an activating group) is 1. The van der Waals surface area contributed by atoms with Crippen LogP contribution in [0.2, 0.25) is 0 Å². The molecule has 90 valence electrons. The van der Waals surface area contributed by atoms with Gasteiger partial charge in [0.1, 0.15) is 0 Å². The second-order valence-electron chi connectivity index (χ2n) is 5.26. The zero-order valence-corrected chi connectivity index (χ0v) is 10.9. The van der Waals surface area contributed by atoms with E-state index in [0.717, 1.165) is 12.1 Å². The zero-order valence-electron chi connectivity index (χ0n) is 10.9. The van der Waals surface area contributed by atoms with E-state index in [9.17, 15) is 0 Å². The number of hydrogen-bond acceptors (Lipinski definition) is 2. The molecule has 0 aliphatic heterocycles. The Balaban J connectivity index is 2.48. The van der Waals surface area contributed by atoms with Crippen LogP contribution in [0, 0.1) is 0 Å². The van der Waals surface area contributed by atoms with Crippen molar-refractivity contribution >= 4 is 0 Å². The first kappa shape index (κ1) is 13.0. The van der Waals surface area contributed by atoms with Gasteiger partial charge in [0, 0.05) is 18.1 Å². The van der Waals surface area contributed by atoms with E-state index in [1.165, 1.54) is 38.6 Å². The van der Waals surface area contributed by atoms with Crippen LogP contribution in [0.25, 0.3) is 0 Å².